The second kappa shape index (κ2) is 4.77. The highest BCUT2D eigenvalue weighted by atomic mass is 16.5. The summed E-state index contributed by atoms with van der Waals surface area (Å²) in [5.41, 5.74) is -0.930. The van der Waals surface area contributed by atoms with Crippen molar-refractivity contribution < 1.29 is 14.6 Å². The topological polar surface area (TPSA) is 58.6 Å². The van der Waals surface area contributed by atoms with Crippen LogP contribution in [0.25, 0.3) is 0 Å². The first-order chi connectivity index (χ1) is 5.52. The second-order valence-electron chi connectivity index (χ2n) is 2.73. The summed E-state index contributed by atoms with van der Waals surface area (Å²) in [4.78, 5) is 10.5. The van der Waals surface area contributed by atoms with Crippen molar-refractivity contribution >= 4 is 6.09 Å². The Hall–Kier alpha value is -1.03. The van der Waals surface area contributed by atoms with Crippen LogP contribution in [0.4, 0.5) is 4.79 Å². The SMILES string of the molecule is C=CC(C)(O)CCNC(=O)OC. The van der Waals surface area contributed by atoms with Gasteiger partial charge >= 0.3 is 6.09 Å². The van der Waals surface area contributed by atoms with Gasteiger partial charge < -0.3 is 15.2 Å². The number of methoxy groups -OCH3 is 1. The summed E-state index contributed by atoms with van der Waals surface area (Å²) < 4.78 is 4.34. The Kier molecular flexibility index (Phi) is 4.36. The lowest BCUT2D eigenvalue weighted by Gasteiger charge is -2.17. The molecule has 0 heterocycles. The predicted octanol–water partition coefficient (Wildman–Crippen LogP) is 0.669. The molecule has 70 valence electrons. The minimum atomic E-state index is -0.930. The molecule has 0 aliphatic carbocycles. The standard InChI is InChI=1S/C8H15NO3/c1-4-8(2,11)5-6-9-7(10)12-3/h4,11H,1,5-6H2,2-3H3,(H,9,10). The van der Waals surface area contributed by atoms with E-state index in [0.717, 1.165) is 0 Å². The molecular formula is C8H15NO3. The Bertz CT molecular complexity index is 166. The van der Waals surface area contributed by atoms with Crippen LogP contribution in [0.15, 0.2) is 12.7 Å². The number of ether oxygens (including phenoxy) is 1. The highest BCUT2D eigenvalue weighted by Crippen LogP contribution is 2.08. The summed E-state index contributed by atoms with van der Waals surface area (Å²) in [7, 11) is 1.29. The van der Waals surface area contributed by atoms with Gasteiger partial charge in [-0.2, -0.15) is 0 Å². The van der Waals surface area contributed by atoms with Crippen LogP contribution < -0.4 is 5.32 Å². The molecule has 0 aliphatic rings. The molecule has 0 bridgehead atoms. The predicted molar refractivity (Wildman–Crippen MR) is 45.8 cm³/mol. The zero-order valence-electron chi connectivity index (χ0n) is 7.46. The molecule has 0 saturated heterocycles. The van der Waals surface area contributed by atoms with Crippen molar-refractivity contribution in [2.75, 3.05) is 13.7 Å². The van der Waals surface area contributed by atoms with E-state index in [1.54, 1.807) is 6.92 Å². The van der Waals surface area contributed by atoms with Crippen molar-refractivity contribution in [1.29, 1.82) is 0 Å². The molecule has 1 unspecified atom stereocenters. The van der Waals surface area contributed by atoms with Crippen LogP contribution in [0.2, 0.25) is 0 Å². The molecule has 0 spiro atoms. The molecule has 0 rings (SSSR count). The Balaban J connectivity index is 3.56. The summed E-state index contributed by atoms with van der Waals surface area (Å²) in [5.74, 6) is 0. The van der Waals surface area contributed by atoms with E-state index in [-0.39, 0.29) is 0 Å². The molecule has 0 fully saturated rings. The maximum atomic E-state index is 10.5. The quantitative estimate of drug-likeness (QED) is 0.614. The lowest BCUT2D eigenvalue weighted by molar-refractivity contribution is 0.101. The van der Waals surface area contributed by atoms with E-state index in [9.17, 15) is 9.90 Å². The van der Waals surface area contributed by atoms with Gasteiger partial charge in [-0.15, -0.1) is 6.58 Å². The van der Waals surface area contributed by atoms with Crippen LogP contribution in [0.1, 0.15) is 13.3 Å². The fraction of sp³-hybridized carbons (Fsp3) is 0.625. The molecule has 12 heavy (non-hydrogen) atoms. The minimum absolute atomic E-state index is 0.367. The number of hydrogen-bond acceptors (Lipinski definition) is 3. The van der Waals surface area contributed by atoms with Gasteiger partial charge in [0.2, 0.25) is 0 Å². The Morgan fingerprint density at radius 2 is 2.42 bits per heavy atom. The molecule has 0 aromatic heterocycles. The Morgan fingerprint density at radius 1 is 1.83 bits per heavy atom. The summed E-state index contributed by atoms with van der Waals surface area (Å²) in [5, 5.41) is 11.9. The first-order valence-corrected chi connectivity index (χ1v) is 3.69. The van der Waals surface area contributed by atoms with Gasteiger partial charge in [0.25, 0.3) is 0 Å². The third-order valence-corrected chi connectivity index (χ3v) is 1.53. The van der Waals surface area contributed by atoms with E-state index in [1.807, 2.05) is 0 Å². The molecule has 0 aliphatic heterocycles. The highest BCUT2D eigenvalue weighted by Gasteiger charge is 2.14. The highest BCUT2D eigenvalue weighted by molar-refractivity contribution is 5.66. The summed E-state index contributed by atoms with van der Waals surface area (Å²) in [6, 6.07) is 0. The lowest BCUT2D eigenvalue weighted by Crippen LogP contribution is -2.31. The maximum Gasteiger partial charge on any atom is 0.406 e. The van der Waals surface area contributed by atoms with Crippen LogP contribution in [0.3, 0.4) is 0 Å². The van der Waals surface area contributed by atoms with E-state index in [4.69, 9.17) is 0 Å². The van der Waals surface area contributed by atoms with Crippen molar-refractivity contribution in [3.05, 3.63) is 12.7 Å². The largest absolute Gasteiger partial charge is 0.453 e. The van der Waals surface area contributed by atoms with Gasteiger partial charge in [-0.1, -0.05) is 6.08 Å². The summed E-state index contributed by atoms with van der Waals surface area (Å²) in [6.07, 6.45) is 1.37. The number of nitrogens with one attached hydrogen (secondary N) is 1. The Morgan fingerprint density at radius 3 is 2.83 bits per heavy atom. The van der Waals surface area contributed by atoms with Crippen molar-refractivity contribution in [2.24, 2.45) is 0 Å². The van der Waals surface area contributed by atoms with E-state index in [2.05, 4.69) is 16.6 Å². The van der Waals surface area contributed by atoms with E-state index in [0.29, 0.717) is 13.0 Å². The molecule has 4 nitrogen and oxygen atoms in total. The van der Waals surface area contributed by atoms with E-state index in [1.165, 1.54) is 13.2 Å². The molecule has 0 saturated carbocycles. The van der Waals surface area contributed by atoms with Gasteiger partial charge in [-0.3, -0.25) is 0 Å². The van der Waals surface area contributed by atoms with Crippen LogP contribution >= 0.6 is 0 Å². The second-order valence-corrected chi connectivity index (χ2v) is 2.73. The van der Waals surface area contributed by atoms with Gasteiger partial charge in [0.05, 0.1) is 12.7 Å². The molecule has 4 heteroatoms. The third-order valence-electron chi connectivity index (χ3n) is 1.53. The average molecular weight is 173 g/mol. The number of rotatable bonds is 4. The number of alkyl carbamates (subject to hydrolysis) is 1. The zero-order valence-corrected chi connectivity index (χ0v) is 7.46. The minimum Gasteiger partial charge on any atom is -0.453 e. The summed E-state index contributed by atoms with van der Waals surface area (Å²) in [6.45, 7) is 5.45. The first-order valence-electron chi connectivity index (χ1n) is 3.69. The fourth-order valence-electron chi connectivity index (χ4n) is 0.592. The van der Waals surface area contributed by atoms with Crippen molar-refractivity contribution in [2.45, 2.75) is 18.9 Å². The molecule has 2 N–H and O–H groups in total. The Labute approximate surface area is 72.2 Å². The van der Waals surface area contributed by atoms with Crippen molar-refractivity contribution in [1.82, 2.24) is 5.32 Å². The fourth-order valence-corrected chi connectivity index (χ4v) is 0.592. The smallest absolute Gasteiger partial charge is 0.406 e. The zero-order chi connectivity index (χ0) is 9.61. The van der Waals surface area contributed by atoms with Gasteiger partial charge in [0.1, 0.15) is 0 Å². The number of carbonyl (C=O) groups is 1. The van der Waals surface area contributed by atoms with Crippen LogP contribution in [0, 0.1) is 0 Å². The summed E-state index contributed by atoms with van der Waals surface area (Å²) >= 11 is 0. The molecule has 1 amide bonds. The molecular weight excluding hydrogens is 158 g/mol. The molecule has 0 radical (unpaired) electrons. The number of aliphatic hydroxyl groups is 1. The van der Waals surface area contributed by atoms with Gasteiger partial charge in [0.15, 0.2) is 0 Å². The average Bonchev–Trinajstić information content (AvgIpc) is 2.04. The molecule has 0 aromatic rings. The van der Waals surface area contributed by atoms with Crippen molar-refractivity contribution in [3.63, 3.8) is 0 Å². The van der Waals surface area contributed by atoms with Gasteiger partial charge in [-0.05, 0) is 13.3 Å². The van der Waals surface area contributed by atoms with Crippen LogP contribution in [0.5, 0.6) is 0 Å². The maximum absolute atomic E-state index is 10.5. The monoisotopic (exact) mass is 173 g/mol. The number of carbonyl (C=O) groups excluding carboxylic acids is 1. The van der Waals surface area contributed by atoms with E-state index < -0.39 is 11.7 Å². The molecule has 1 atom stereocenters. The van der Waals surface area contributed by atoms with Gasteiger partial charge in [-0.25, -0.2) is 4.79 Å². The molecule has 0 aromatic carbocycles. The van der Waals surface area contributed by atoms with E-state index >= 15 is 0 Å². The lowest BCUT2D eigenvalue weighted by atomic mass is 10.0. The first kappa shape index (κ1) is 11.0. The number of hydrogen-bond donors (Lipinski definition) is 2. The normalized spacial score (nSPS) is 14.6. The van der Waals surface area contributed by atoms with Crippen LogP contribution in [-0.4, -0.2) is 30.5 Å². The van der Waals surface area contributed by atoms with Gasteiger partial charge in [0, 0.05) is 6.54 Å². The van der Waals surface area contributed by atoms with Crippen molar-refractivity contribution in [3.8, 4) is 0 Å². The third kappa shape index (κ3) is 4.73. The van der Waals surface area contributed by atoms with Crippen LogP contribution in [-0.2, 0) is 4.74 Å². The number of amides is 1.